The molecule has 162 valence electrons. The molecular weight excluding hydrogens is 414 g/mol. The average molecular weight is 435 g/mol. The van der Waals surface area contributed by atoms with Crippen molar-refractivity contribution in [2.75, 3.05) is 5.32 Å². The van der Waals surface area contributed by atoms with Crippen LogP contribution in [0.3, 0.4) is 0 Å². The predicted molar refractivity (Wildman–Crippen MR) is 127 cm³/mol. The van der Waals surface area contributed by atoms with E-state index in [9.17, 15) is 4.79 Å². The summed E-state index contributed by atoms with van der Waals surface area (Å²) in [5, 5.41) is 2.86. The smallest absolute Gasteiger partial charge is 0.256 e. The molecule has 0 radical (unpaired) electrons. The van der Waals surface area contributed by atoms with E-state index in [0.717, 1.165) is 28.1 Å². The van der Waals surface area contributed by atoms with Gasteiger partial charge in [0.15, 0.2) is 11.6 Å². The molecule has 0 atom stereocenters. The van der Waals surface area contributed by atoms with Gasteiger partial charge in [-0.2, -0.15) is 0 Å². The molecule has 0 unspecified atom stereocenters. The molecular formula is C26H21N5O2. The Hall–Kier alpha value is -4.52. The average Bonchev–Trinajstić information content (AvgIpc) is 3.19. The normalized spacial score (nSPS) is 10.8. The Balaban J connectivity index is 1.38. The van der Waals surface area contributed by atoms with E-state index in [1.807, 2.05) is 55.5 Å². The minimum Gasteiger partial charge on any atom is -0.485 e. The molecule has 0 aliphatic carbocycles. The highest BCUT2D eigenvalue weighted by atomic mass is 16.5. The first-order chi connectivity index (χ1) is 16.2. The standard InChI is InChI=1S/C26H21N5O2/c1-18-29-22-16-20(9-10-23(22)31(18)21-6-3-2-4-7-21)26(32)30-25-24(8-5-13-28-25)33-17-19-11-14-27-15-12-19/h2-16H,17H2,1H3,(H,28,30,32). The van der Waals surface area contributed by atoms with E-state index in [-0.39, 0.29) is 5.91 Å². The Labute approximate surface area is 190 Å². The summed E-state index contributed by atoms with van der Waals surface area (Å²) in [7, 11) is 0. The van der Waals surface area contributed by atoms with E-state index < -0.39 is 0 Å². The molecule has 5 aromatic rings. The molecule has 0 aliphatic heterocycles. The van der Waals surface area contributed by atoms with Gasteiger partial charge >= 0.3 is 0 Å². The lowest BCUT2D eigenvalue weighted by Gasteiger charge is -2.11. The molecule has 7 heteroatoms. The van der Waals surface area contributed by atoms with Crippen LogP contribution in [0.4, 0.5) is 5.82 Å². The van der Waals surface area contributed by atoms with Gasteiger partial charge in [-0.3, -0.25) is 14.3 Å². The Bertz CT molecular complexity index is 1420. The molecule has 0 fully saturated rings. The fourth-order valence-corrected chi connectivity index (χ4v) is 3.67. The largest absolute Gasteiger partial charge is 0.485 e. The Morgan fingerprint density at radius 1 is 0.970 bits per heavy atom. The van der Waals surface area contributed by atoms with Gasteiger partial charge in [0.2, 0.25) is 0 Å². The molecule has 0 aliphatic rings. The number of aryl methyl sites for hydroxylation is 1. The van der Waals surface area contributed by atoms with Gasteiger partial charge in [0, 0.05) is 29.8 Å². The van der Waals surface area contributed by atoms with Crippen molar-refractivity contribution in [2.45, 2.75) is 13.5 Å². The number of benzene rings is 2. The number of imidazole rings is 1. The number of amides is 1. The number of nitrogens with zero attached hydrogens (tertiary/aromatic N) is 4. The predicted octanol–water partition coefficient (Wildman–Crippen LogP) is 4.96. The lowest BCUT2D eigenvalue weighted by molar-refractivity contribution is 0.102. The van der Waals surface area contributed by atoms with Crippen molar-refractivity contribution >= 4 is 22.8 Å². The summed E-state index contributed by atoms with van der Waals surface area (Å²) in [6, 6.07) is 22.8. The van der Waals surface area contributed by atoms with Crippen LogP contribution in [0.1, 0.15) is 21.7 Å². The van der Waals surface area contributed by atoms with E-state index in [1.165, 1.54) is 0 Å². The third-order valence-electron chi connectivity index (χ3n) is 5.25. The zero-order chi connectivity index (χ0) is 22.6. The van der Waals surface area contributed by atoms with Gasteiger partial charge in [-0.1, -0.05) is 18.2 Å². The SMILES string of the molecule is Cc1nc2cc(C(=O)Nc3ncccc3OCc3ccncc3)ccc2n1-c1ccccc1. The van der Waals surface area contributed by atoms with E-state index in [4.69, 9.17) is 4.74 Å². The van der Waals surface area contributed by atoms with Gasteiger partial charge in [-0.05, 0) is 67.1 Å². The van der Waals surface area contributed by atoms with Crippen molar-refractivity contribution in [1.82, 2.24) is 19.5 Å². The quantitative estimate of drug-likeness (QED) is 0.408. The first-order valence-corrected chi connectivity index (χ1v) is 10.5. The summed E-state index contributed by atoms with van der Waals surface area (Å²) in [6.07, 6.45) is 5.03. The number of rotatable bonds is 6. The monoisotopic (exact) mass is 435 g/mol. The summed E-state index contributed by atoms with van der Waals surface area (Å²) >= 11 is 0. The molecule has 3 heterocycles. The topological polar surface area (TPSA) is 81.9 Å². The molecule has 0 bridgehead atoms. The molecule has 1 amide bonds. The highest BCUT2D eigenvalue weighted by Gasteiger charge is 2.15. The van der Waals surface area contributed by atoms with Crippen LogP contribution in [0.5, 0.6) is 5.75 Å². The molecule has 1 N–H and O–H groups in total. The first-order valence-electron chi connectivity index (χ1n) is 10.5. The Kier molecular flexibility index (Phi) is 5.51. The van der Waals surface area contributed by atoms with Crippen molar-refractivity contribution in [1.29, 1.82) is 0 Å². The van der Waals surface area contributed by atoms with Crippen molar-refractivity contribution in [3.63, 3.8) is 0 Å². The van der Waals surface area contributed by atoms with Crippen molar-refractivity contribution in [3.05, 3.63) is 108 Å². The van der Waals surface area contributed by atoms with Crippen molar-refractivity contribution in [3.8, 4) is 11.4 Å². The van der Waals surface area contributed by atoms with Crippen molar-refractivity contribution in [2.24, 2.45) is 0 Å². The zero-order valence-electron chi connectivity index (χ0n) is 18.0. The highest BCUT2D eigenvalue weighted by molar-refractivity contribution is 6.06. The summed E-state index contributed by atoms with van der Waals surface area (Å²) in [4.78, 5) is 25.9. The summed E-state index contributed by atoms with van der Waals surface area (Å²) in [5.74, 6) is 1.43. The number of para-hydroxylation sites is 1. The van der Waals surface area contributed by atoms with E-state index >= 15 is 0 Å². The van der Waals surface area contributed by atoms with Crippen LogP contribution < -0.4 is 10.1 Å². The lowest BCUT2D eigenvalue weighted by Crippen LogP contribution is -2.14. The van der Waals surface area contributed by atoms with Gasteiger partial charge in [0.25, 0.3) is 5.91 Å². The van der Waals surface area contributed by atoms with Gasteiger partial charge in [-0.25, -0.2) is 9.97 Å². The van der Waals surface area contributed by atoms with Crippen LogP contribution >= 0.6 is 0 Å². The van der Waals surface area contributed by atoms with Crippen LogP contribution in [0, 0.1) is 6.92 Å². The third kappa shape index (κ3) is 4.29. The Morgan fingerprint density at radius 2 is 1.79 bits per heavy atom. The van der Waals surface area contributed by atoms with Crippen LogP contribution in [0.15, 0.2) is 91.4 Å². The van der Waals surface area contributed by atoms with E-state index in [1.54, 1.807) is 42.9 Å². The highest BCUT2D eigenvalue weighted by Crippen LogP contribution is 2.25. The molecule has 7 nitrogen and oxygen atoms in total. The van der Waals surface area contributed by atoms with Crippen LogP contribution in [-0.4, -0.2) is 25.4 Å². The number of carbonyl (C=O) groups excluding carboxylic acids is 1. The minimum atomic E-state index is -0.281. The zero-order valence-corrected chi connectivity index (χ0v) is 18.0. The number of fused-ring (bicyclic) bond motifs is 1. The summed E-state index contributed by atoms with van der Waals surface area (Å²) in [5.41, 5.74) is 4.18. The second kappa shape index (κ2) is 8.92. The van der Waals surface area contributed by atoms with E-state index in [0.29, 0.717) is 23.7 Å². The molecule has 0 saturated heterocycles. The Morgan fingerprint density at radius 3 is 2.61 bits per heavy atom. The summed E-state index contributed by atoms with van der Waals surface area (Å²) in [6.45, 7) is 2.30. The molecule has 2 aromatic carbocycles. The number of hydrogen-bond acceptors (Lipinski definition) is 5. The molecule has 0 spiro atoms. The van der Waals surface area contributed by atoms with Gasteiger partial charge in [-0.15, -0.1) is 0 Å². The van der Waals surface area contributed by atoms with Crippen LogP contribution in [0.25, 0.3) is 16.7 Å². The summed E-state index contributed by atoms with van der Waals surface area (Å²) < 4.78 is 7.95. The number of ether oxygens (including phenoxy) is 1. The maximum atomic E-state index is 13.0. The third-order valence-corrected chi connectivity index (χ3v) is 5.25. The van der Waals surface area contributed by atoms with Gasteiger partial charge in [0.05, 0.1) is 11.0 Å². The first kappa shape index (κ1) is 20.4. The number of aromatic nitrogens is 4. The van der Waals surface area contributed by atoms with Crippen LogP contribution in [-0.2, 0) is 6.61 Å². The lowest BCUT2D eigenvalue weighted by atomic mass is 10.2. The van der Waals surface area contributed by atoms with Gasteiger partial charge in [0.1, 0.15) is 12.4 Å². The molecule has 0 saturated carbocycles. The number of carbonyl (C=O) groups is 1. The minimum absolute atomic E-state index is 0.281. The fourth-order valence-electron chi connectivity index (χ4n) is 3.67. The maximum absolute atomic E-state index is 13.0. The fraction of sp³-hybridized carbons (Fsp3) is 0.0769. The maximum Gasteiger partial charge on any atom is 0.256 e. The van der Waals surface area contributed by atoms with Crippen LogP contribution in [0.2, 0.25) is 0 Å². The number of anilines is 1. The van der Waals surface area contributed by atoms with E-state index in [2.05, 4.69) is 24.8 Å². The number of hydrogen-bond donors (Lipinski definition) is 1. The van der Waals surface area contributed by atoms with Gasteiger partial charge < -0.3 is 10.1 Å². The molecule has 5 rings (SSSR count). The van der Waals surface area contributed by atoms with Crippen molar-refractivity contribution < 1.29 is 9.53 Å². The number of pyridine rings is 2. The number of nitrogens with one attached hydrogen (secondary N) is 1. The second-order valence-electron chi connectivity index (χ2n) is 7.48. The molecule has 3 aromatic heterocycles. The second-order valence-corrected chi connectivity index (χ2v) is 7.48. The molecule has 33 heavy (non-hydrogen) atoms.